The highest BCUT2D eigenvalue weighted by atomic mass is 32.1. The molecule has 0 bridgehead atoms. The molecule has 0 aliphatic heterocycles. The number of nitrogens with two attached hydrogens (primary N) is 1. The molecule has 4 rings (SSSR count). The van der Waals surface area contributed by atoms with Crippen LogP contribution in [0.25, 0.3) is 10.1 Å². The van der Waals surface area contributed by atoms with E-state index in [0.29, 0.717) is 12.8 Å². The van der Waals surface area contributed by atoms with Crippen LogP contribution in [0.3, 0.4) is 0 Å². The second kappa shape index (κ2) is 9.97. The highest BCUT2D eigenvalue weighted by molar-refractivity contribution is 7.22. The summed E-state index contributed by atoms with van der Waals surface area (Å²) in [4.78, 5) is 39.3. The summed E-state index contributed by atoms with van der Waals surface area (Å²) < 4.78 is 6.39. The van der Waals surface area contributed by atoms with Crippen LogP contribution in [0, 0.1) is 16.7 Å². The number of thiophene rings is 1. The number of carbonyl (C=O) groups excluding carboxylic acids is 2. The first-order valence-electron chi connectivity index (χ1n) is 10.5. The minimum atomic E-state index is -0.492. The molecule has 1 fully saturated rings. The van der Waals surface area contributed by atoms with E-state index in [1.165, 1.54) is 11.3 Å². The first-order chi connectivity index (χ1) is 15.6. The van der Waals surface area contributed by atoms with Crippen molar-refractivity contribution in [2.75, 3.05) is 18.4 Å². The first-order valence-corrected chi connectivity index (χ1v) is 11.3. The van der Waals surface area contributed by atoms with E-state index in [0.717, 1.165) is 26.2 Å². The predicted molar refractivity (Wildman–Crippen MR) is 123 cm³/mol. The van der Waals surface area contributed by atoms with Crippen LogP contribution in [-0.2, 0) is 20.9 Å². The number of hydrogen-bond acceptors (Lipinski definition) is 8. The summed E-state index contributed by atoms with van der Waals surface area (Å²) in [6.45, 7) is 0.605. The van der Waals surface area contributed by atoms with Crippen LogP contribution in [-0.4, -0.2) is 29.9 Å². The van der Waals surface area contributed by atoms with Gasteiger partial charge in [0, 0.05) is 18.9 Å². The largest absolute Gasteiger partial charge is 0.461 e. The molecule has 166 valence electrons. The fraction of sp³-hybridized carbons (Fsp3) is 0.348. The molecule has 0 radical (unpaired) electrons. The monoisotopic (exact) mass is 452 g/mol. The summed E-state index contributed by atoms with van der Waals surface area (Å²) in [6.07, 6.45) is 4.81. The lowest BCUT2D eigenvalue weighted by molar-refractivity contribution is -0.154. The summed E-state index contributed by atoms with van der Waals surface area (Å²) in [5.41, 5.74) is 7.53. The molecule has 1 aliphatic rings. The number of nitrogens with one attached hydrogen (secondary N) is 1. The number of nitroso groups, excluding NO2 is 1. The highest BCUT2D eigenvalue weighted by Crippen LogP contribution is 2.35. The van der Waals surface area contributed by atoms with Gasteiger partial charge < -0.3 is 15.8 Å². The van der Waals surface area contributed by atoms with Crippen LogP contribution < -0.4 is 11.1 Å². The molecule has 3 N–H and O–H groups in total. The van der Waals surface area contributed by atoms with Crippen molar-refractivity contribution < 1.29 is 14.3 Å². The maximum Gasteiger partial charge on any atom is 0.309 e. The van der Waals surface area contributed by atoms with Gasteiger partial charge in [-0.1, -0.05) is 29.4 Å². The standard InChI is InChI=1S/C23H24N4O4S/c24-10-19(22(28)27-21-9-17-5-6-25-12-20(17)32-21)16-3-1-14(2-4-16)13-31-23(29)18-7-15(8-18)11-26-30/h1-6,9,12,15,18-19H,7-8,10-11,13,24H2,(H,27,28)/t15?,18?,19-/m1/s1. The zero-order chi connectivity index (χ0) is 22.5. The first kappa shape index (κ1) is 22.0. The molecule has 3 aromatic rings. The number of hydrogen-bond donors (Lipinski definition) is 2. The summed E-state index contributed by atoms with van der Waals surface area (Å²) in [5.74, 6) is -0.846. The van der Waals surface area contributed by atoms with E-state index in [2.05, 4.69) is 15.5 Å². The Morgan fingerprint density at radius 3 is 2.72 bits per heavy atom. The Morgan fingerprint density at radius 2 is 2.03 bits per heavy atom. The van der Waals surface area contributed by atoms with Gasteiger partial charge in [-0.15, -0.1) is 11.3 Å². The van der Waals surface area contributed by atoms with E-state index in [1.807, 2.05) is 36.4 Å². The molecule has 1 aliphatic carbocycles. The quantitative estimate of drug-likeness (QED) is 0.376. The van der Waals surface area contributed by atoms with Gasteiger partial charge in [0.15, 0.2) is 0 Å². The number of nitrogens with zero attached hydrogens (tertiary/aromatic N) is 2. The number of anilines is 1. The maximum atomic E-state index is 12.8. The molecular formula is C23H24N4O4S. The lowest BCUT2D eigenvalue weighted by atomic mass is 9.75. The number of fused-ring (bicyclic) bond motifs is 1. The number of esters is 1. The average molecular weight is 453 g/mol. The van der Waals surface area contributed by atoms with E-state index in [-0.39, 0.29) is 43.4 Å². The SMILES string of the molecule is NC[C@@H](C(=O)Nc1cc2ccncc2s1)c1ccc(COC(=O)C2CC(CN=O)C2)cc1. The molecule has 0 saturated heterocycles. The molecule has 32 heavy (non-hydrogen) atoms. The molecule has 1 aromatic carbocycles. The molecule has 0 spiro atoms. The summed E-state index contributed by atoms with van der Waals surface area (Å²) >= 11 is 1.47. The van der Waals surface area contributed by atoms with E-state index in [9.17, 15) is 14.5 Å². The van der Waals surface area contributed by atoms with Crippen molar-refractivity contribution in [2.24, 2.45) is 22.7 Å². The van der Waals surface area contributed by atoms with Crippen molar-refractivity contribution in [2.45, 2.75) is 25.4 Å². The van der Waals surface area contributed by atoms with Crippen molar-refractivity contribution >= 4 is 38.3 Å². The summed E-state index contributed by atoms with van der Waals surface area (Å²) in [6, 6.07) is 11.2. The van der Waals surface area contributed by atoms with Crippen LogP contribution in [0.1, 0.15) is 29.9 Å². The molecule has 9 heteroatoms. The zero-order valence-corrected chi connectivity index (χ0v) is 18.2. The number of pyridine rings is 1. The number of carbonyl (C=O) groups is 2. The van der Waals surface area contributed by atoms with Gasteiger partial charge in [0.05, 0.1) is 28.1 Å². The van der Waals surface area contributed by atoms with Crippen LogP contribution >= 0.6 is 11.3 Å². The van der Waals surface area contributed by atoms with Gasteiger partial charge in [0.1, 0.15) is 6.61 Å². The van der Waals surface area contributed by atoms with Crippen molar-refractivity contribution in [3.05, 3.63) is 64.8 Å². The van der Waals surface area contributed by atoms with Crippen molar-refractivity contribution in [1.82, 2.24) is 4.98 Å². The Kier molecular flexibility index (Phi) is 6.87. The molecule has 2 aromatic heterocycles. The second-order valence-corrected chi connectivity index (χ2v) is 9.08. The molecule has 0 unspecified atom stereocenters. The highest BCUT2D eigenvalue weighted by Gasteiger charge is 2.35. The number of aromatic nitrogens is 1. The Hall–Kier alpha value is -3.17. The Morgan fingerprint density at radius 1 is 1.25 bits per heavy atom. The van der Waals surface area contributed by atoms with Gasteiger partial charge >= 0.3 is 5.97 Å². The number of amides is 1. The molecule has 8 nitrogen and oxygen atoms in total. The van der Waals surface area contributed by atoms with Crippen molar-refractivity contribution in [3.8, 4) is 0 Å². The summed E-state index contributed by atoms with van der Waals surface area (Å²) in [5, 5.41) is 7.61. The fourth-order valence-electron chi connectivity index (χ4n) is 3.85. The van der Waals surface area contributed by atoms with E-state index in [4.69, 9.17) is 10.5 Å². The van der Waals surface area contributed by atoms with Gasteiger partial charge in [-0.05, 0) is 47.4 Å². The van der Waals surface area contributed by atoms with E-state index < -0.39 is 5.92 Å². The number of ether oxygens (including phenoxy) is 1. The third kappa shape index (κ3) is 5.00. The minimum Gasteiger partial charge on any atom is -0.461 e. The Balaban J connectivity index is 1.31. The lowest BCUT2D eigenvalue weighted by Crippen LogP contribution is -2.33. The third-order valence-corrected chi connectivity index (χ3v) is 6.79. The average Bonchev–Trinajstić information content (AvgIpc) is 3.18. The van der Waals surface area contributed by atoms with Crippen LogP contribution in [0.15, 0.2) is 54.0 Å². The Labute approximate surface area is 189 Å². The molecule has 1 atom stereocenters. The van der Waals surface area contributed by atoms with Crippen molar-refractivity contribution in [3.63, 3.8) is 0 Å². The molecule has 1 amide bonds. The topological polar surface area (TPSA) is 124 Å². The Bertz CT molecular complexity index is 1080. The van der Waals surface area contributed by atoms with E-state index in [1.54, 1.807) is 12.4 Å². The van der Waals surface area contributed by atoms with Gasteiger partial charge in [-0.2, -0.15) is 4.91 Å². The minimum absolute atomic E-state index is 0.143. The zero-order valence-electron chi connectivity index (χ0n) is 17.4. The summed E-state index contributed by atoms with van der Waals surface area (Å²) in [7, 11) is 0. The van der Waals surface area contributed by atoms with Crippen LogP contribution in [0.5, 0.6) is 0 Å². The van der Waals surface area contributed by atoms with Gasteiger partial charge in [-0.25, -0.2) is 0 Å². The number of rotatable bonds is 9. The second-order valence-electron chi connectivity index (χ2n) is 8.00. The fourth-order valence-corrected chi connectivity index (χ4v) is 4.78. The van der Waals surface area contributed by atoms with E-state index >= 15 is 0 Å². The smallest absolute Gasteiger partial charge is 0.309 e. The molecular weight excluding hydrogens is 428 g/mol. The van der Waals surface area contributed by atoms with Crippen molar-refractivity contribution in [1.29, 1.82) is 0 Å². The normalized spacial score (nSPS) is 18.5. The third-order valence-electron chi connectivity index (χ3n) is 5.79. The molecule has 1 saturated carbocycles. The molecule has 2 heterocycles. The van der Waals surface area contributed by atoms with Crippen LogP contribution in [0.2, 0.25) is 0 Å². The van der Waals surface area contributed by atoms with Gasteiger partial charge in [-0.3, -0.25) is 14.6 Å². The van der Waals surface area contributed by atoms with Gasteiger partial charge in [0.2, 0.25) is 5.91 Å². The predicted octanol–water partition coefficient (Wildman–Crippen LogP) is 3.81. The maximum absolute atomic E-state index is 12.8. The lowest BCUT2D eigenvalue weighted by Gasteiger charge is -2.31. The van der Waals surface area contributed by atoms with Crippen LogP contribution in [0.4, 0.5) is 5.00 Å². The van der Waals surface area contributed by atoms with Gasteiger partial charge in [0.25, 0.3) is 0 Å². The number of benzene rings is 1.